The second kappa shape index (κ2) is 10.1. The summed E-state index contributed by atoms with van der Waals surface area (Å²) in [6.45, 7) is 3.36. The molecule has 0 spiro atoms. The molecule has 35 heavy (non-hydrogen) atoms. The molecule has 1 aliphatic rings. The van der Waals surface area contributed by atoms with Gasteiger partial charge in [-0.1, -0.05) is 66.2 Å². The fourth-order valence-electron chi connectivity index (χ4n) is 5.06. The number of halogens is 2. The average molecular weight is 487 g/mol. The standard InChI is InChI=1S/C30H28ClFN2O/c1-21-26(30(35)33-17-15-23(16-18-33)19-22-7-3-2-4-8-22)20-29(24-11-13-25(31)14-12-24)34(21)28-10-6-5-9-27(28)32/h2-14,20,23H,15-19H2,1H3. The van der Waals surface area contributed by atoms with E-state index in [1.807, 2.05) is 58.9 Å². The zero-order valence-electron chi connectivity index (χ0n) is 19.8. The van der Waals surface area contributed by atoms with Gasteiger partial charge in [0.1, 0.15) is 5.82 Å². The summed E-state index contributed by atoms with van der Waals surface area (Å²) in [5.41, 5.74) is 4.77. The smallest absolute Gasteiger partial charge is 0.255 e. The van der Waals surface area contributed by atoms with Crippen LogP contribution in [0.5, 0.6) is 0 Å². The highest BCUT2D eigenvalue weighted by Crippen LogP contribution is 2.33. The van der Waals surface area contributed by atoms with Crippen LogP contribution >= 0.6 is 11.6 Å². The predicted molar refractivity (Wildman–Crippen MR) is 140 cm³/mol. The molecule has 3 aromatic carbocycles. The summed E-state index contributed by atoms with van der Waals surface area (Å²) in [5, 5.41) is 0.629. The largest absolute Gasteiger partial charge is 0.339 e. The number of nitrogens with zero attached hydrogens (tertiary/aromatic N) is 2. The van der Waals surface area contributed by atoms with Gasteiger partial charge in [0.25, 0.3) is 5.91 Å². The highest BCUT2D eigenvalue weighted by molar-refractivity contribution is 6.30. The quantitative estimate of drug-likeness (QED) is 0.289. The van der Waals surface area contributed by atoms with Crippen LogP contribution < -0.4 is 0 Å². The molecule has 1 amide bonds. The van der Waals surface area contributed by atoms with Crippen LogP contribution in [0.3, 0.4) is 0 Å². The van der Waals surface area contributed by atoms with Crippen LogP contribution in [0.25, 0.3) is 16.9 Å². The number of piperidine rings is 1. The third kappa shape index (κ3) is 4.89. The van der Waals surface area contributed by atoms with Crippen molar-refractivity contribution < 1.29 is 9.18 Å². The molecule has 0 radical (unpaired) electrons. The Morgan fingerprint density at radius 2 is 1.60 bits per heavy atom. The van der Waals surface area contributed by atoms with Gasteiger partial charge in [-0.3, -0.25) is 4.79 Å². The Morgan fingerprint density at radius 1 is 0.943 bits per heavy atom. The summed E-state index contributed by atoms with van der Waals surface area (Å²) >= 11 is 6.10. The maximum atomic E-state index is 14.9. The highest BCUT2D eigenvalue weighted by Gasteiger charge is 2.28. The zero-order valence-corrected chi connectivity index (χ0v) is 20.5. The van der Waals surface area contributed by atoms with E-state index >= 15 is 0 Å². The molecule has 178 valence electrons. The molecule has 4 aromatic rings. The summed E-state index contributed by atoms with van der Waals surface area (Å²) in [7, 11) is 0. The molecule has 0 saturated carbocycles. The maximum absolute atomic E-state index is 14.9. The van der Waals surface area contributed by atoms with Crippen LogP contribution in [0.4, 0.5) is 4.39 Å². The van der Waals surface area contributed by atoms with Crippen molar-refractivity contribution >= 4 is 17.5 Å². The molecule has 1 aromatic heterocycles. The minimum absolute atomic E-state index is 0.00552. The van der Waals surface area contributed by atoms with E-state index in [2.05, 4.69) is 24.3 Å². The third-order valence-electron chi connectivity index (χ3n) is 6.98. The Balaban J connectivity index is 1.43. The Hall–Kier alpha value is -3.37. The maximum Gasteiger partial charge on any atom is 0.255 e. The minimum atomic E-state index is -0.331. The molecule has 0 N–H and O–H groups in total. The van der Waals surface area contributed by atoms with Crippen molar-refractivity contribution in [2.45, 2.75) is 26.2 Å². The summed E-state index contributed by atoms with van der Waals surface area (Å²) in [6.07, 6.45) is 3.02. The topological polar surface area (TPSA) is 25.2 Å². The van der Waals surface area contributed by atoms with Gasteiger partial charge in [-0.15, -0.1) is 0 Å². The first kappa shape index (κ1) is 23.4. The number of aromatic nitrogens is 1. The van der Waals surface area contributed by atoms with Crippen LogP contribution in [0.1, 0.15) is 34.5 Å². The van der Waals surface area contributed by atoms with Gasteiger partial charge in [0.05, 0.1) is 16.9 Å². The molecule has 0 atom stereocenters. The SMILES string of the molecule is Cc1c(C(=O)N2CCC(Cc3ccccc3)CC2)cc(-c2ccc(Cl)cc2)n1-c1ccccc1F. The Labute approximate surface area is 210 Å². The van der Waals surface area contributed by atoms with Crippen molar-refractivity contribution in [3.8, 4) is 16.9 Å². The Kier molecular flexibility index (Phi) is 6.74. The van der Waals surface area contributed by atoms with Gasteiger partial charge in [0.2, 0.25) is 0 Å². The van der Waals surface area contributed by atoms with Gasteiger partial charge in [0.15, 0.2) is 0 Å². The monoisotopic (exact) mass is 486 g/mol. The van der Waals surface area contributed by atoms with Crippen molar-refractivity contribution in [1.29, 1.82) is 0 Å². The minimum Gasteiger partial charge on any atom is -0.339 e. The van der Waals surface area contributed by atoms with Crippen LogP contribution in [0, 0.1) is 18.7 Å². The highest BCUT2D eigenvalue weighted by atomic mass is 35.5. The lowest BCUT2D eigenvalue weighted by Crippen LogP contribution is -2.39. The molecular weight excluding hydrogens is 459 g/mol. The number of rotatable bonds is 5. The number of likely N-dealkylation sites (tertiary alicyclic amines) is 1. The summed E-state index contributed by atoms with van der Waals surface area (Å²) < 4.78 is 16.7. The molecule has 2 heterocycles. The fraction of sp³-hybridized carbons (Fsp3) is 0.233. The molecule has 0 bridgehead atoms. The summed E-state index contributed by atoms with van der Waals surface area (Å²) in [4.78, 5) is 15.6. The average Bonchev–Trinajstić information content (AvgIpc) is 3.22. The Bertz CT molecular complexity index is 1320. The number of hydrogen-bond donors (Lipinski definition) is 0. The van der Waals surface area contributed by atoms with Gasteiger partial charge in [-0.2, -0.15) is 0 Å². The number of benzene rings is 3. The lowest BCUT2D eigenvalue weighted by atomic mass is 9.90. The second-order valence-corrected chi connectivity index (χ2v) is 9.68. The lowest BCUT2D eigenvalue weighted by Gasteiger charge is -2.32. The first-order valence-corrected chi connectivity index (χ1v) is 12.5. The lowest BCUT2D eigenvalue weighted by molar-refractivity contribution is 0.0690. The van der Waals surface area contributed by atoms with E-state index in [1.54, 1.807) is 12.1 Å². The number of amides is 1. The van der Waals surface area contributed by atoms with E-state index in [1.165, 1.54) is 11.6 Å². The van der Waals surface area contributed by atoms with E-state index in [9.17, 15) is 9.18 Å². The van der Waals surface area contributed by atoms with Gasteiger partial charge in [0, 0.05) is 23.8 Å². The third-order valence-corrected chi connectivity index (χ3v) is 7.23. The molecule has 0 unspecified atom stereocenters. The molecule has 5 rings (SSSR count). The zero-order chi connectivity index (χ0) is 24.4. The van der Waals surface area contributed by atoms with Crippen molar-refractivity contribution in [3.63, 3.8) is 0 Å². The van der Waals surface area contributed by atoms with E-state index in [4.69, 9.17) is 11.6 Å². The van der Waals surface area contributed by atoms with Gasteiger partial charge < -0.3 is 9.47 Å². The number of carbonyl (C=O) groups excluding carboxylic acids is 1. The van der Waals surface area contributed by atoms with Gasteiger partial charge >= 0.3 is 0 Å². The number of para-hydroxylation sites is 1. The van der Waals surface area contributed by atoms with Crippen LogP contribution in [-0.4, -0.2) is 28.5 Å². The Morgan fingerprint density at radius 3 is 2.29 bits per heavy atom. The summed E-state index contributed by atoms with van der Waals surface area (Å²) in [5.74, 6) is 0.253. The first-order valence-electron chi connectivity index (χ1n) is 12.1. The van der Waals surface area contributed by atoms with E-state index in [-0.39, 0.29) is 11.7 Å². The molecule has 1 saturated heterocycles. The van der Waals surface area contributed by atoms with Crippen LogP contribution in [-0.2, 0) is 6.42 Å². The normalized spacial score (nSPS) is 14.3. The van der Waals surface area contributed by atoms with E-state index in [0.717, 1.165) is 49.3 Å². The van der Waals surface area contributed by atoms with Crippen molar-refractivity contribution in [3.05, 3.63) is 113 Å². The predicted octanol–water partition coefficient (Wildman–Crippen LogP) is 7.34. The van der Waals surface area contributed by atoms with Crippen molar-refractivity contribution in [2.24, 2.45) is 5.92 Å². The fourth-order valence-corrected chi connectivity index (χ4v) is 5.18. The second-order valence-electron chi connectivity index (χ2n) is 9.25. The van der Waals surface area contributed by atoms with Crippen molar-refractivity contribution in [1.82, 2.24) is 9.47 Å². The summed E-state index contributed by atoms with van der Waals surface area (Å²) in [6, 6.07) is 26.5. The van der Waals surface area contributed by atoms with Crippen LogP contribution in [0.15, 0.2) is 84.9 Å². The molecular formula is C30H28ClFN2O. The molecule has 1 aliphatic heterocycles. The van der Waals surface area contributed by atoms with E-state index in [0.29, 0.717) is 22.2 Å². The first-order chi connectivity index (χ1) is 17.0. The molecule has 5 heteroatoms. The number of hydrogen-bond acceptors (Lipinski definition) is 1. The van der Waals surface area contributed by atoms with Crippen molar-refractivity contribution in [2.75, 3.05) is 13.1 Å². The number of carbonyl (C=O) groups is 1. The van der Waals surface area contributed by atoms with Crippen LogP contribution in [0.2, 0.25) is 5.02 Å². The van der Waals surface area contributed by atoms with Gasteiger partial charge in [-0.05, 0) is 73.6 Å². The molecule has 3 nitrogen and oxygen atoms in total. The molecule has 1 fully saturated rings. The van der Waals surface area contributed by atoms with Gasteiger partial charge in [-0.25, -0.2) is 4.39 Å². The molecule has 0 aliphatic carbocycles. The van der Waals surface area contributed by atoms with E-state index < -0.39 is 0 Å².